The lowest BCUT2D eigenvalue weighted by molar-refractivity contribution is 0.124. The van der Waals surface area contributed by atoms with Gasteiger partial charge in [-0.05, 0) is 69.8 Å². The number of nitrogens with one attached hydrogen (secondary N) is 1. The highest BCUT2D eigenvalue weighted by Gasteiger charge is 2.37. The molecule has 1 aromatic carbocycles. The Balaban J connectivity index is 0.000000523. The minimum Gasteiger partial charge on any atom is -0.324 e. The van der Waals surface area contributed by atoms with Crippen LogP contribution in [0.15, 0.2) is 24.4 Å². The molecule has 1 fully saturated rings. The van der Waals surface area contributed by atoms with Crippen LogP contribution in [0, 0.1) is 0 Å². The Labute approximate surface area is 189 Å². The Morgan fingerprint density at radius 3 is 2.53 bits per heavy atom. The van der Waals surface area contributed by atoms with Gasteiger partial charge >= 0.3 is 13.9 Å². The van der Waals surface area contributed by atoms with Crippen LogP contribution >= 0.6 is 7.82 Å². The number of carbonyl (C=O) groups is 1. The summed E-state index contributed by atoms with van der Waals surface area (Å²) in [6.07, 6.45) is 7.02. The summed E-state index contributed by atoms with van der Waals surface area (Å²) in [4.78, 5) is 38.7. The number of aromatic nitrogens is 1. The van der Waals surface area contributed by atoms with E-state index in [0.717, 1.165) is 25.0 Å². The van der Waals surface area contributed by atoms with E-state index in [4.69, 9.17) is 19.2 Å². The second kappa shape index (κ2) is 10.4. The van der Waals surface area contributed by atoms with Crippen LogP contribution in [0.25, 0.3) is 10.9 Å². The molecule has 1 saturated heterocycles. The lowest BCUT2D eigenvalue weighted by Crippen LogP contribution is -2.46. The summed E-state index contributed by atoms with van der Waals surface area (Å²) >= 11 is 0. The number of urea groups is 1. The van der Waals surface area contributed by atoms with Gasteiger partial charge in [0.2, 0.25) is 0 Å². The standard InChI is InChI=1S/C22H32N4O.H3O4P/c1-4-12-25-13-8-10-17-18-9-7-11-19-21(18)16(14-20(17)25)15-26(19)23-22(27)24(5-2)6-3;1-5(2,3)4/h7,9,11,15,17,20H,4-6,8,10,12-14H2,1-3H3,(H,23,27);(H3,1,2,3,4)/t17-,20-;/m1./s1. The minimum atomic E-state index is -4.64. The summed E-state index contributed by atoms with van der Waals surface area (Å²) < 4.78 is 10.8. The molecular weight excluding hydrogens is 431 g/mol. The van der Waals surface area contributed by atoms with Crippen molar-refractivity contribution < 1.29 is 24.0 Å². The molecule has 0 saturated carbocycles. The van der Waals surface area contributed by atoms with E-state index in [0.29, 0.717) is 12.0 Å². The van der Waals surface area contributed by atoms with Crippen LogP contribution in [0.1, 0.15) is 57.1 Å². The molecule has 9 nitrogen and oxygen atoms in total. The Morgan fingerprint density at radius 1 is 1.22 bits per heavy atom. The molecule has 10 heteroatoms. The van der Waals surface area contributed by atoms with E-state index in [2.05, 4.69) is 41.6 Å². The number of benzene rings is 1. The molecule has 178 valence electrons. The third kappa shape index (κ3) is 5.53. The molecule has 2 heterocycles. The SMILES string of the molecule is CCCN1CCC[C@@H]2c3cccc4c3c(cn4NC(=O)N(CC)CC)C[C@H]21.O=P(O)(O)O. The van der Waals surface area contributed by atoms with E-state index in [1.165, 1.54) is 48.9 Å². The topological polar surface area (TPSA) is 118 Å². The first-order chi connectivity index (χ1) is 15.2. The summed E-state index contributed by atoms with van der Waals surface area (Å²) in [6, 6.07) is 7.18. The summed E-state index contributed by atoms with van der Waals surface area (Å²) in [7, 11) is -4.64. The molecule has 1 aliphatic carbocycles. The number of likely N-dealkylation sites (tertiary alicyclic amines) is 1. The Hall–Kier alpha value is -1.90. The highest BCUT2D eigenvalue weighted by molar-refractivity contribution is 7.45. The van der Waals surface area contributed by atoms with E-state index >= 15 is 0 Å². The van der Waals surface area contributed by atoms with Gasteiger partial charge in [-0.3, -0.25) is 9.58 Å². The van der Waals surface area contributed by atoms with Gasteiger partial charge in [0, 0.05) is 36.6 Å². The van der Waals surface area contributed by atoms with Crippen LogP contribution in [0.2, 0.25) is 0 Å². The lowest BCUT2D eigenvalue weighted by Gasteiger charge is -2.44. The second-order valence-corrected chi connectivity index (χ2v) is 9.45. The predicted octanol–water partition coefficient (Wildman–Crippen LogP) is 3.23. The van der Waals surface area contributed by atoms with Crippen molar-refractivity contribution in [2.45, 2.75) is 58.4 Å². The molecule has 2 amide bonds. The molecule has 2 aliphatic rings. The number of hydrogen-bond acceptors (Lipinski definition) is 3. The first kappa shape index (κ1) is 24.7. The van der Waals surface area contributed by atoms with Crippen molar-refractivity contribution in [2.75, 3.05) is 31.6 Å². The van der Waals surface area contributed by atoms with Gasteiger partial charge < -0.3 is 19.6 Å². The first-order valence-corrected chi connectivity index (χ1v) is 13.0. The van der Waals surface area contributed by atoms with E-state index in [9.17, 15) is 4.79 Å². The molecule has 2 atom stereocenters. The van der Waals surface area contributed by atoms with Gasteiger partial charge in [0.05, 0.1) is 5.52 Å². The zero-order chi connectivity index (χ0) is 23.5. The Bertz CT molecular complexity index is 974. The van der Waals surface area contributed by atoms with E-state index in [1.54, 1.807) is 0 Å². The van der Waals surface area contributed by atoms with E-state index < -0.39 is 7.82 Å². The number of phosphoric acid groups is 1. The van der Waals surface area contributed by atoms with E-state index in [1.807, 2.05) is 23.4 Å². The quantitative estimate of drug-likeness (QED) is 0.503. The number of piperidine rings is 1. The van der Waals surface area contributed by atoms with Gasteiger partial charge in [-0.15, -0.1) is 0 Å². The van der Waals surface area contributed by atoms with Crippen molar-refractivity contribution in [1.29, 1.82) is 0 Å². The van der Waals surface area contributed by atoms with Crippen LogP contribution in [0.3, 0.4) is 0 Å². The fourth-order valence-electron chi connectivity index (χ4n) is 5.19. The highest BCUT2D eigenvalue weighted by atomic mass is 31.2. The van der Waals surface area contributed by atoms with Crippen molar-refractivity contribution in [2.24, 2.45) is 0 Å². The van der Waals surface area contributed by atoms with Gasteiger partial charge in [-0.1, -0.05) is 19.1 Å². The van der Waals surface area contributed by atoms with Gasteiger partial charge in [-0.2, -0.15) is 0 Å². The van der Waals surface area contributed by atoms with Crippen LogP contribution in [-0.2, 0) is 11.0 Å². The number of amides is 2. The van der Waals surface area contributed by atoms with Gasteiger partial charge in [0.15, 0.2) is 0 Å². The smallest absolute Gasteiger partial charge is 0.324 e. The van der Waals surface area contributed by atoms with Crippen molar-refractivity contribution in [3.63, 3.8) is 0 Å². The van der Waals surface area contributed by atoms with Crippen LogP contribution in [0.4, 0.5) is 4.79 Å². The van der Waals surface area contributed by atoms with Gasteiger partial charge in [-0.25, -0.2) is 14.8 Å². The summed E-state index contributed by atoms with van der Waals surface area (Å²) in [5.41, 5.74) is 7.10. The van der Waals surface area contributed by atoms with Crippen molar-refractivity contribution in [3.05, 3.63) is 35.5 Å². The van der Waals surface area contributed by atoms with Crippen molar-refractivity contribution in [3.8, 4) is 0 Å². The number of fused-ring (bicyclic) bond motifs is 2. The maximum atomic E-state index is 12.6. The van der Waals surface area contributed by atoms with Crippen molar-refractivity contribution in [1.82, 2.24) is 14.5 Å². The molecule has 32 heavy (non-hydrogen) atoms. The first-order valence-electron chi connectivity index (χ1n) is 11.4. The second-order valence-electron chi connectivity index (χ2n) is 8.42. The minimum absolute atomic E-state index is 0.0295. The maximum Gasteiger partial charge on any atom is 0.466 e. The Morgan fingerprint density at radius 2 is 1.91 bits per heavy atom. The van der Waals surface area contributed by atoms with Gasteiger partial charge in [0.1, 0.15) is 0 Å². The number of rotatable bonds is 5. The fraction of sp³-hybridized carbons (Fsp3) is 0.591. The number of hydrogen-bond donors (Lipinski definition) is 4. The molecular formula is C22H35N4O5P. The summed E-state index contributed by atoms with van der Waals surface area (Å²) in [5.74, 6) is 0.621. The molecule has 4 rings (SSSR count). The molecule has 0 radical (unpaired) electrons. The average molecular weight is 467 g/mol. The Kier molecular flexibility index (Phi) is 8.01. The lowest BCUT2D eigenvalue weighted by atomic mass is 9.75. The summed E-state index contributed by atoms with van der Waals surface area (Å²) in [6.45, 7) is 10.2. The predicted molar refractivity (Wildman–Crippen MR) is 125 cm³/mol. The van der Waals surface area contributed by atoms with E-state index in [-0.39, 0.29) is 6.03 Å². The monoisotopic (exact) mass is 466 g/mol. The number of nitrogens with zero attached hydrogens (tertiary/aromatic N) is 3. The largest absolute Gasteiger partial charge is 0.466 e. The fourth-order valence-corrected chi connectivity index (χ4v) is 5.19. The molecule has 0 bridgehead atoms. The molecule has 2 aromatic rings. The highest BCUT2D eigenvalue weighted by Crippen LogP contribution is 2.43. The zero-order valence-electron chi connectivity index (χ0n) is 19.1. The maximum absolute atomic E-state index is 12.6. The molecule has 0 spiro atoms. The molecule has 1 aromatic heterocycles. The van der Waals surface area contributed by atoms with Gasteiger partial charge in [0.25, 0.3) is 0 Å². The third-order valence-corrected chi connectivity index (χ3v) is 6.44. The zero-order valence-corrected chi connectivity index (χ0v) is 20.0. The van der Waals surface area contributed by atoms with Crippen LogP contribution in [-0.4, -0.2) is 67.4 Å². The molecule has 4 N–H and O–H groups in total. The van der Waals surface area contributed by atoms with Crippen LogP contribution in [0.5, 0.6) is 0 Å². The average Bonchev–Trinajstić information content (AvgIpc) is 3.07. The van der Waals surface area contributed by atoms with Crippen LogP contribution < -0.4 is 5.43 Å². The molecule has 0 unspecified atom stereocenters. The summed E-state index contributed by atoms with van der Waals surface area (Å²) in [5, 5.41) is 1.37. The number of carbonyl (C=O) groups excluding carboxylic acids is 1. The van der Waals surface area contributed by atoms with Crippen molar-refractivity contribution >= 4 is 24.8 Å². The molecule has 1 aliphatic heterocycles. The third-order valence-electron chi connectivity index (χ3n) is 6.44. The normalized spacial score (nSPS) is 20.3.